The van der Waals surface area contributed by atoms with Gasteiger partial charge in [0.1, 0.15) is 5.75 Å². The highest BCUT2D eigenvalue weighted by atomic mass is 16.5. The molecule has 0 bridgehead atoms. The fourth-order valence-corrected chi connectivity index (χ4v) is 1.71. The van der Waals surface area contributed by atoms with Crippen LogP contribution in [0.4, 0.5) is 0 Å². The van der Waals surface area contributed by atoms with Crippen LogP contribution in [0.1, 0.15) is 15.9 Å². The van der Waals surface area contributed by atoms with Crippen LogP contribution >= 0.6 is 0 Å². The van der Waals surface area contributed by atoms with Gasteiger partial charge in [0.25, 0.3) is 5.91 Å². The van der Waals surface area contributed by atoms with Crippen LogP contribution in [0.15, 0.2) is 47.6 Å². The van der Waals surface area contributed by atoms with Crippen molar-refractivity contribution in [2.24, 2.45) is 5.10 Å². The molecule has 0 spiro atoms. The van der Waals surface area contributed by atoms with Gasteiger partial charge in [-0.25, -0.2) is 5.43 Å². The van der Waals surface area contributed by atoms with Gasteiger partial charge in [0.15, 0.2) is 11.5 Å². The SMILES string of the molecule is COc1ccccc1C(=O)N/N=C/c1cccc(O)c1O. The minimum Gasteiger partial charge on any atom is -0.504 e. The highest BCUT2D eigenvalue weighted by molar-refractivity contribution is 5.97. The molecule has 0 unspecified atom stereocenters. The molecular weight excluding hydrogens is 272 g/mol. The Labute approximate surface area is 121 Å². The molecule has 0 heterocycles. The molecule has 1 amide bonds. The number of hydrogen-bond donors (Lipinski definition) is 3. The van der Waals surface area contributed by atoms with Crippen molar-refractivity contribution in [3.05, 3.63) is 53.6 Å². The molecule has 6 nitrogen and oxygen atoms in total. The molecule has 0 aliphatic carbocycles. The van der Waals surface area contributed by atoms with Crippen LogP contribution in [0, 0.1) is 0 Å². The number of nitrogens with zero attached hydrogens (tertiary/aromatic N) is 1. The summed E-state index contributed by atoms with van der Waals surface area (Å²) in [7, 11) is 1.47. The van der Waals surface area contributed by atoms with E-state index in [1.54, 1.807) is 36.4 Å². The average molecular weight is 286 g/mol. The van der Waals surface area contributed by atoms with Crippen molar-refractivity contribution in [2.75, 3.05) is 7.11 Å². The van der Waals surface area contributed by atoms with Crippen LogP contribution in [0.5, 0.6) is 17.2 Å². The summed E-state index contributed by atoms with van der Waals surface area (Å²) in [6.45, 7) is 0. The summed E-state index contributed by atoms with van der Waals surface area (Å²) < 4.78 is 5.08. The maximum absolute atomic E-state index is 11.9. The van der Waals surface area contributed by atoms with Gasteiger partial charge in [0, 0.05) is 5.56 Å². The summed E-state index contributed by atoms with van der Waals surface area (Å²) in [5.74, 6) is -0.559. The minimum absolute atomic E-state index is 0.255. The third-order valence-corrected chi connectivity index (χ3v) is 2.77. The minimum atomic E-state index is -0.441. The van der Waals surface area contributed by atoms with Gasteiger partial charge in [-0.1, -0.05) is 18.2 Å². The standard InChI is InChI=1S/C15H14N2O4/c1-21-13-8-3-2-6-11(13)15(20)17-16-9-10-5-4-7-12(18)14(10)19/h2-9,18-19H,1H3,(H,17,20)/b16-9+. The zero-order valence-electron chi connectivity index (χ0n) is 11.3. The third-order valence-electron chi connectivity index (χ3n) is 2.77. The second-order valence-corrected chi connectivity index (χ2v) is 4.11. The number of nitrogens with one attached hydrogen (secondary N) is 1. The van der Waals surface area contributed by atoms with Crippen LogP contribution in [0.2, 0.25) is 0 Å². The van der Waals surface area contributed by atoms with Crippen LogP contribution in [0.3, 0.4) is 0 Å². The number of methoxy groups -OCH3 is 1. The number of ether oxygens (including phenoxy) is 1. The average Bonchev–Trinajstić information content (AvgIpc) is 2.51. The first kappa shape index (κ1) is 14.4. The van der Waals surface area contributed by atoms with Gasteiger partial charge in [0.2, 0.25) is 0 Å². The van der Waals surface area contributed by atoms with E-state index in [2.05, 4.69) is 10.5 Å². The lowest BCUT2D eigenvalue weighted by atomic mass is 10.2. The summed E-state index contributed by atoms with van der Waals surface area (Å²) in [4.78, 5) is 11.9. The van der Waals surface area contributed by atoms with Crippen molar-refractivity contribution in [1.82, 2.24) is 5.43 Å². The first-order chi connectivity index (χ1) is 10.1. The van der Waals surface area contributed by atoms with Crippen molar-refractivity contribution in [1.29, 1.82) is 0 Å². The van der Waals surface area contributed by atoms with E-state index in [9.17, 15) is 15.0 Å². The molecule has 0 aliphatic heterocycles. The topological polar surface area (TPSA) is 91.2 Å². The van der Waals surface area contributed by atoms with Gasteiger partial charge >= 0.3 is 0 Å². The number of carbonyl (C=O) groups is 1. The molecule has 2 rings (SSSR count). The molecule has 0 fully saturated rings. The molecule has 108 valence electrons. The number of rotatable bonds is 4. The van der Waals surface area contributed by atoms with Gasteiger partial charge in [0.05, 0.1) is 18.9 Å². The number of aromatic hydroxyl groups is 2. The second-order valence-electron chi connectivity index (χ2n) is 4.11. The highest BCUT2D eigenvalue weighted by Gasteiger charge is 2.10. The van der Waals surface area contributed by atoms with Crippen molar-refractivity contribution < 1.29 is 19.7 Å². The smallest absolute Gasteiger partial charge is 0.275 e. The predicted molar refractivity (Wildman–Crippen MR) is 77.8 cm³/mol. The first-order valence-corrected chi connectivity index (χ1v) is 6.11. The Morgan fingerprint density at radius 1 is 1.19 bits per heavy atom. The Morgan fingerprint density at radius 3 is 2.71 bits per heavy atom. The van der Waals surface area contributed by atoms with Gasteiger partial charge in [-0.3, -0.25) is 4.79 Å². The van der Waals surface area contributed by atoms with Gasteiger partial charge in [-0.2, -0.15) is 5.10 Å². The Bertz CT molecular complexity index is 683. The molecule has 0 radical (unpaired) electrons. The second kappa shape index (κ2) is 6.42. The Balaban J connectivity index is 2.10. The van der Waals surface area contributed by atoms with E-state index >= 15 is 0 Å². The molecule has 2 aromatic carbocycles. The van der Waals surface area contributed by atoms with E-state index in [0.29, 0.717) is 11.3 Å². The molecule has 21 heavy (non-hydrogen) atoms. The number of carbonyl (C=O) groups excluding carboxylic acids is 1. The molecule has 3 N–H and O–H groups in total. The number of hydrogen-bond acceptors (Lipinski definition) is 5. The lowest BCUT2D eigenvalue weighted by molar-refractivity contribution is 0.0952. The molecule has 0 saturated heterocycles. The normalized spacial score (nSPS) is 10.5. The van der Waals surface area contributed by atoms with Crippen molar-refractivity contribution in [2.45, 2.75) is 0 Å². The van der Waals surface area contributed by atoms with E-state index in [1.165, 1.54) is 19.4 Å². The van der Waals surface area contributed by atoms with Crippen LogP contribution < -0.4 is 10.2 Å². The third kappa shape index (κ3) is 3.30. The molecule has 0 saturated carbocycles. The number of phenols is 2. The monoisotopic (exact) mass is 286 g/mol. The van der Waals surface area contributed by atoms with E-state index in [1.807, 2.05) is 0 Å². The summed E-state index contributed by atoms with van der Waals surface area (Å²) in [6.07, 6.45) is 1.24. The summed E-state index contributed by atoms with van der Waals surface area (Å²) in [6, 6.07) is 11.2. The first-order valence-electron chi connectivity index (χ1n) is 6.11. The number of amides is 1. The quantitative estimate of drug-likeness (QED) is 0.454. The maximum Gasteiger partial charge on any atom is 0.275 e. The fourth-order valence-electron chi connectivity index (χ4n) is 1.71. The predicted octanol–water partition coefficient (Wildman–Crippen LogP) is 1.87. The van der Waals surface area contributed by atoms with Crippen molar-refractivity contribution in [3.63, 3.8) is 0 Å². The van der Waals surface area contributed by atoms with Gasteiger partial charge in [-0.05, 0) is 24.3 Å². The number of hydrazone groups is 1. The molecule has 0 atom stereocenters. The number of para-hydroxylation sites is 2. The Hall–Kier alpha value is -3.02. The van der Waals surface area contributed by atoms with Crippen LogP contribution in [-0.4, -0.2) is 29.4 Å². The zero-order valence-corrected chi connectivity index (χ0v) is 11.3. The summed E-state index contributed by atoms with van der Waals surface area (Å²) >= 11 is 0. The van der Waals surface area contributed by atoms with Crippen LogP contribution in [0.25, 0.3) is 0 Å². The summed E-state index contributed by atoms with van der Waals surface area (Å²) in [5.41, 5.74) is 2.96. The Kier molecular flexibility index (Phi) is 4.40. The lowest BCUT2D eigenvalue weighted by Crippen LogP contribution is -2.18. The molecule has 0 aliphatic rings. The van der Waals surface area contributed by atoms with Crippen molar-refractivity contribution >= 4 is 12.1 Å². The molecule has 6 heteroatoms. The molecule has 2 aromatic rings. The number of benzene rings is 2. The van der Waals surface area contributed by atoms with E-state index < -0.39 is 5.91 Å². The number of phenolic OH excluding ortho intramolecular Hbond substituents is 2. The fraction of sp³-hybridized carbons (Fsp3) is 0.0667. The van der Waals surface area contributed by atoms with E-state index in [4.69, 9.17) is 4.74 Å². The highest BCUT2D eigenvalue weighted by Crippen LogP contribution is 2.26. The zero-order chi connectivity index (χ0) is 15.2. The lowest BCUT2D eigenvalue weighted by Gasteiger charge is -2.06. The molecular formula is C15H14N2O4. The Morgan fingerprint density at radius 2 is 1.95 bits per heavy atom. The largest absolute Gasteiger partial charge is 0.504 e. The van der Waals surface area contributed by atoms with E-state index in [-0.39, 0.29) is 17.1 Å². The van der Waals surface area contributed by atoms with E-state index in [0.717, 1.165) is 0 Å². The maximum atomic E-state index is 11.9. The van der Waals surface area contributed by atoms with Crippen molar-refractivity contribution in [3.8, 4) is 17.2 Å². The van der Waals surface area contributed by atoms with Gasteiger partial charge in [-0.15, -0.1) is 0 Å². The van der Waals surface area contributed by atoms with Crippen LogP contribution in [-0.2, 0) is 0 Å². The molecule has 0 aromatic heterocycles. The van der Waals surface area contributed by atoms with Gasteiger partial charge < -0.3 is 14.9 Å². The summed E-state index contributed by atoms with van der Waals surface area (Å²) in [5, 5.41) is 22.7.